The highest BCUT2D eigenvalue weighted by molar-refractivity contribution is 7.88. The summed E-state index contributed by atoms with van der Waals surface area (Å²) >= 11 is 0. The number of nitrogens with one attached hydrogen (secondary N) is 2. The highest BCUT2D eigenvalue weighted by atomic mass is 32.2. The van der Waals surface area contributed by atoms with Gasteiger partial charge in [-0.15, -0.1) is 0 Å². The Bertz CT molecular complexity index is 446. The molecule has 0 spiro atoms. The Balaban J connectivity index is 2.32. The van der Waals surface area contributed by atoms with Gasteiger partial charge in [0.25, 0.3) is 5.91 Å². The maximum absolute atomic E-state index is 11.4. The van der Waals surface area contributed by atoms with Gasteiger partial charge in [0.05, 0.1) is 12.5 Å². The highest BCUT2D eigenvalue weighted by Gasteiger charge is 2.06. The van der Waals surface area contributed by atoms with E-state index < -0.39 is 10.0 Å². The minimum Gasteiger partial charge on any atom is -0.349 e. The van der Waals surface area contributed by atoms with Gasteiger partial charge in [0, 0.05) is 25.5 Å². The Morgan fingerprint density at radius 1 is 1.38 bits per heavy atom. The van der Waals surface area contributed by atoms with E-state index in [1.807, 2.05) is 0 Å². The summed E-state index contributed by atoms with van der Waals surface area (Å²) in [6.45, 7) is 0.341. The van der Waals surface area contributed by atoms with Crippen LogP contribution in [-0.4, -0.2) is 43.6 Å². The summed E-state index contributed by atoms with van der Waals surface area (Å²) in [7, 11) is -3.22. The van der Waals surface area contributed by atoms with Crippen molar-refractivity contribution in [2.75, 3.05) is 19.3 Å². The van der Waals surface area contributed by atoms with E-state index in [9.17, 15) is 13.2 Å². The molecule has 0 aromatic carbocycles. The van der Waals surface area contributed by atoms with Crippen molar-refractivity contribution in [3.05, 3.63) is 24.3 Å². The number of hydrogen-bond donors (Lipinski definition) is 2. The summed E-state index contributed by atoms with van der Waals surface area (Å²) in [6, 6.07) is 0. The quantitative estimate of drug-likeness (QED) is 0.631. The van der Waals surface area contributed by atoms with Crippen LogP contribution in [0.25, 0.3) is 0 Å². The first-order chi connectivity index (χ1) is 7.49. The summed E-state index contributed by atoms with van der Waals surface area (Å²) in [5.41, 5.74) is 0.196. The van der Waals surface area contributed by atoms with Gasteiger partial charge in [-0.1, -0.05) is 0 Å². The largest absolute Gasteiger partial charge is 0.349 e. The minimum absolute atomic E-state index is 0.144. The molecule has 0 atom stereocenters. The number of rotatable bonds is 5. The molecule has 1 rings (SSSR count). The molecule has 1 amide bonds. The van der Waals surface area contributed by atoms with Crippen molar-refractivity contribution in [1.29, 1.82) is 0 Å². The first-order valence-corrected chi connectivity index (χ1v) is 6.37. The molecule has 7 nitrogen and oxygen atoms in total. The van der Waals surface area contributed by atoms with Crippen molar-refractivity contribution in [2.45, 2.75) is 0 Å². The van der Waals surface area contributed by atoms with Gasteiger partial charge in [0.1, 0.15) is 5.69 Å². The van der Waals surface area contributed by atoms with Crippen molar-refractivity contribution >= 4 is 15.9 Å². The lowest BCUT2D eigenvalue weighted by molar-refractivity contribution is 0.0949. The van der Waals surface area contributed by atoms with Crippen LogP contribution in [0.3, 0.4) is 0 Å². The van der Waals surface area contributed by atoms with Crippen LogP contribution in [0.4, 0.5) is 0 Å². The predicted molar refractivity (Wildman–Crippen MR) is 57.2 cm³/mol. The van der Waals surface area contributed by atoms with Gasteiger partial charge < -0.3 is 5.32 Å². The number of aromatic nitrogens is 2. The van der Waals surface area contributed by atoms with Crippen LogP contribution in [0, 0.1) is 0 Å². The fourth-order valence-electron chi connectivity index (χ4n) is 0.919. The second-order valence-corrected chi connectivity index (χ2v) is 4.85. The lowest BCUT2D eigenvalue weighted by atomic mass is 10.4. The van der Waals surface area contributed by atoms with E-state index in [1.165, 1.54) is 18.6 Å². The number of carbonyl (C=O) groups excluding carboxylic acids is 1. The van der Waals surface area contributed by atoms with E-state index in [-0.39, 0.29) is 24.7 Å². The molecule has 1 heterocycles. The van der Waals surface area contributed by atoms with Gasteiger partial charge in [-0.25, -0.2) is 18.1 Å². The number of hydrogen-bond acceptors (Lipinski definition) is 5. The first-order valence-electron chi connectivity index (χ1n) is 4.48. The average Bonchev–Trinajstić information content (AvgIpc) is 2.24. The Morgan fingerprint density at radius 2 is 2.12 bits per heavy atom. The summed E-state index contributed by atoms with van der Waals surface area (Å²) in [5.74, 6) is -0.386. The summed E-state index contributed by atoms with van der Waals surface area (Å²) in [5, 5.41) is 2.50. The van der Waals surface area contributed by atoms with E-state index in [2.05, 4.69) is 20.0 Å². The maximum atomic E-state index is 11.4. The Kier molecular flexibility index (Phi) is 4.32. The number of sulfonamides is 1. The van der Waals surface area contributed by atoms with Crippen LogP contribution >= 0.6 is 0 Å². The molecule has 0 unspecified atom stereocenters. The zero-order valence-corrected chi connectivity index (χ0v) is 9.49. The maximum Gasteiger partial charge on any atom is 0.271 e. The normalized spacial score (nSPS) is 11.1. The number of nitrogens with zero attached hydrogens (tertiary/aromatic N) is 2. The summed E-state index contributed by atoms with van der Waals surface area (Å²) in [6.07, 6.45) is 5.25. The van der Waals surface area contributed by atoms with E-state index in [0.717, 1.165) is 6.26 Å². The SMILES string of the molecule is CS(=O)(=O)NCCNC(=O)c1cnccn1. The molecular weight excluding hydrogens is 232 g/mol. The second kappa shape index (κ2) is 5.52. The van der Waals surface area contributed by atoms with Crippen molar-refractivity contribution in [1.82, 2.24) is 20.0 Å². The lowest BCUT2D eigenvalue weighted by Gasteiger charge is -2.04. The zero-order valence-electron chi connectivity index (χ0n) is 8.67. The molecule has 1 aromatic rings. The molecule has 0 saturated carbocycles. The highest BCUT2D eigenvalue weighted by Crippen LogP contribution is 1.88. The zero-order chi connectivity index (χ0) is 12.0. The molecule has 0 fully saturated rings. The Morgan fingerprint density at radius 3 is 2.69 bits per heavy atom. The summed E-state index contributed by atoms with van der Waals surface area (Å²) in [4.78, 5) is 18.9. The van der Waals surface area contributed by atoms with Crippen molar-refractivity contribution in [3.8, 4) is 0 Å². The van der Waals surface area contributed by atoms with Crippen LogP contribution < -0.4 is 10.0 Å². The molecule has 0 aliphatic rings. The standard InChI is InChI=1S/C8H12N4O3S/c1-16(14,15)12-5-4-11-8(13)7-6-9-2-3-10-7/h2-3,6,12H,4-5H2,1H3,(H,11,13). The smallest absolute Gasteiger partial charge is 0.271 e. The third kappa shape index (κ3) is 4.80. The molecule has 0 bridgehead atoms. The molecule has 2 N–H and O–H groups in total. The van der Waals surface area contributed by atoms with Crippen LogP contribution in [0.1, 0.15) is 10.5 Å². The number of amides is 1. The van der Waals surface area contributed by atoms with E-state index in [0.29, 0.717) is 0 Å². The van der Waals surface area contributed by atoms with Gasteiger partial charge in [0.15, 0.2) is 0 Å². The monoisotopic (exact) mass is 244 g/mol. The van der Waals surface area contributed by atoms with Gasteiger partial charge in [-0.3, -0.25) is 9.78 Å². The van der Waals surface area contributed by atoms with Crippen molar-refractivity contribution < 1.29 is 13.2 Å². The van der Waals surface area contributed by atoms with E-state index in [4.69, 9.17) is 0 Å². The molecule has 16 heavy (non-hydrogen) atoms. The fraction of sp³-hybridized carbons (Fsp3) is 0.375. The predicted octanol–water partition coefficient (Wildman–Crippen LogP) is -1.24. The van der Waals surface area contributed by atoms with Gasteiger partial charge >= 0.3 is 0 Å². The molecule has 0 aliphatic carbocycles. The molecule has 1 aromatic heterocycles. The van der Waals surface area contributed by atoms with Crippen LogP contribution in [0.5, 0.6) is 0 Å². The topological polar surface area (TPSA) is 101 Å². The first kappa shape index (κ1) is 12.5. The van der Waals surface area contributed by atoms with E-state index >= 15 is 0 Å². The fourth-order valence-corrected chi connectivity index (χ4v) is 1.39. The van der Waals surface area contributed by atoms with Gasteiger partial charge in [-0.2, -0.15) is 0 Å². The van der Waals surface area contributed by atoms with Crippen molar-refractivity contribution in [3.63, 3.8) is 0 Å². The molecule has 88 valence electrons. The van der Waals surface area contributed by atoms with Crippen molar-refractivity contribution in [2.24, 2.45) is 0 Å². The van der Waals surface area contributed by atoms with Crippen LogP contribution in [-0.2, 0) is 10.0 Å². The second-order valence-electron chi connectivity index (χ2n) is 3.01. The van der Waals surface area contributed by atoms with E-state index in [1.54, 1.807) is 0 Å². The Labute approximate surface area is 93.4 Å². The molecule has 0 aliphatic heterocycles. The third-order valence-electron chi connectivity index (χ3n) is 1.57. The average molecular weight is 244 g/mol. The van der Waals surface area contributed by atoms with Gasteiger partial charge in [-0.05, 0) is 0 Å². The lowest BCUT2D eigenvalue weighted by Crippen LogP contribution is -2.34. The van der Waals surface area contributed by atoms with Crippen LogP contribution in [0.15, 0.2) is 18.6 Å². The minimum atomic E-state index is -3.22. The number of carbonyl (C=O) groups is 1. The third-order valence-corrected chi connectivity index (χ3v) is 2.30. The summed E-state index contributed by atoms with van der Waals surface area (Å²) < 4.78 is 23.6. The van der Waals surface area contributed by atoms with Gasteiger partial charge in [0.2, 0.25) is 10.0 Å². The molecular formula is C8H12N4O3S. The van der Waals surface area contributed by atoms with Crippen LogP contribution in [0.2, 0.25) is 0 Å². The molecule has 8 heteroatoms. The molecule has 0 saturated heterocycles. The Hall–Kier alpha value is -1.54. The molecule has 0 radical (unpaired) electrons.